The average molecular weight is 451 g/mol. The third kappa shape index (κ3) is 4.27. The molecule has 10 nitrogen and oxygen atoms in total. The minimum absolute atomic E-state index is 0.00774. The summed E-state index contributed by atoms with van der Waals surface area (Å²) < 4.78 is 5.70. The van der Waals surface area contributed by atoms with Gasteiger partial charge >= 0.3 is 0 Å². The summed E-state index contributed by atoms with van der Waals surface area (Å²) in [6.07, 6.45) is 1.45. The molecule has 4 rings (SSSR count). The lowest BCUT2D eigenvalue weighted by molar-refractivity contribution is -0.385. The van der Waals surface area contributed by atoms with Crippen molar-refractivity contribution >= 4 is 40.4 Å². The summed E-state index contributed by atoms with van der Waals surface area (Å²) in [5.41, 5.74) is 1.09. The maximum atomic E-state index is 12.7. The van der Waals surface area contributed by atoms with Gasteiger partial charge in [0, 0.05) is 35.9 Å². The Hall–Kier alpha value is -4.25. The largest absolute Gasteiger partial charge is 0.457 e. The van der Waals surface area contributed by atoms with E-state index in [0.717, 1.165) is 16.7 Å². The molecule has 0 atom stereocenters. The van der Waals surface area contributed by atoms with Crippen LogP contribution in [0.4, 0.5) is 16.2 Å². The Morgan fingerprint density at radius 2 is 1.47 bits per heavy atom. The van der Waals surface area contributed by atoms with E-state index in [4.69, 9.17) is 4.42 Å². The third-order valence-electron chi connectivity index (χ3n) is 4.62. The van der Waals surface area contributed by atoms with Crippen LogP contribution >= 0.6 is 11.8 Å². The second-order valence-electron chi connectivity index (χ2n) is 6.70. The van der Waals surface area contributed by atoms with Crippen molar-refractivity contribution in [3.8, 4) is 11.3 Å². The maximum Gasteiger partial charge on any atom is 0.293 e. The van der Waals surface area contributed by atoms with Crippen LogP contribution in [0, 0.1) is 20.2 Å². The van der Waals surface area contributed by atoms with Crippen LogP contribution in [0.25, 0.3) is 17.4 Å². The van der Waals surface area contributed by atoms with Gasteiger partial charge in [-0.2, -0.15) is 0 Å². The van der Waals surface area contributed by atoms with E-state index in [0.29, 0.717) is 22.6 Å². The van der Waals surface area contributed by atoms with Crippen LogP contribution in [0.2, 0.25) is 0 Å². The molecule has 11 heteroatoms. The van der Waals surface area contributed by atoms with E-state index in [1.54, 1.807) is 24.3 Å². The molecule has 1 aromatic heterocycles. The van der Waals surface area contributed by atoms with Crippen molar-refractivity contribution < 1.29 is 23.9 Å². The number of nitro groups is 2. The Kier molecular flexibility index (Phi) is 5.56. The highest BCUT2D eigenvalue weighted by Gasteiger charge is 2.35. The van der Waals surface area contributed by atoms with E-state index in [9.17, 15) is 29.8 Å². The number of benzene rings is 2. The Labute approximate surface area is 184 Å². The number of nitro benzene ring substituents is 2. The van der Waals surface area contributed by atoms with Gasteiger partial charge in [0.25, 0.3) is 22.5 Å². The Morgan fingerprint density at radius 3 is 2.06 bits per heavy atom. The zero-order valence-corrected chi connectivity index (χ0v) is 17.0. The predicted molar refractivity (Wildman–Crippen MR) is 115 cm³/mol. The topological polar surface area (TPSA) is 137 Å². The van der Waals surface area contributed by atoms with Crippen LogP contribution in [-0.4, -0.2) is 25.9 Å². The number of rotatable bonds is 6. The fraction of sp³-hybridized carbons (Fsp3) is 0.0476. The lowest BCUT2D eigenvalue weighted by Gasteiger charge is -2.12. The molecular weight excluding hydrogens is 438 g/mol. The van der Waals surface area contributed by atoms with Crippen molar-refractivity contribution in [2.45, 2.75) is 6.54 Å². The minimum Gasteiger partial charge on any atom is -0.457 e. The van der Waals surface area contributed by atoms with Gasteiger partial charge in [-0.05, 0) is 41.6 Å². The monoisotopic (exact) mass is 451 g/mol. The minimum atomic E-state index is -0.527. The van der Waals surface area contributed by atoms with Crippen molar-refractivity contribution in [3.05, 3.63) is 97.1 Å². The van der Waals surface area contributed by atoms with Crippen LogP contribution in [-0.2, 0) is 11.3 Å². The molecule has 0 radical (unpaired) electrons. The maximum absolute atomic E-state index is 12.7. The number of nitrogens with zero attached hydrogens (tertiary/aromatic N) is 3. The number of hydrogen-bond acceptors (Lipinski definition) is 8. The fourth-order valence-electron chi connectivity index (χ4n) is 3.00. The molecule has 32 heavy (non-hydrogen) atoms. The van der Waals surface area contributed by atoms with Crippen LogP contribution in [0.15, 0.2) is 70.0 Å². The molecular formula is C21H13N3O7S. The first-order chi connectivity index (χ1) is 15.3. The molecule has 1 aliphatic rings. The number of imide groups is 1. The van der Waals surface area contributed by atoms with E-state index in [2.05, 4.69) is 0 Å². The smallest absolute Gasteiger partial charge is 0.293 e. The second kappa shape index (κ2) is 8.47. The highest BCUT2D eigenvalue weighted by Crippen LogP contribution is 2.34. The predicted octanol–water partition coefficient (Wildman–Crippen LogP) is 5.00. The standard InChI is InChI=1S/C21H13N3O7S/c25-20-19(32-21(26)22(20)12-13-1-5-15(6-2-13)23(27)28)11-17-9-10-18(31-17)14-3-7-16(8-4-14)24(29)30/h1-11H,12H2. The molecule has 0 N–H and O–H groups in total. The SMILES string of the molecule is O=C1SC(=Cc2ccc(-c3ccc([N+](=O)[O-])cc3)o2)C(=O)N1Cc1ccc([N+](=O)[O-])cc1. The molecule has 1 saturated heterocycles. The molecule has 2 heterocycles. The summed E-state index contributed by atoms with van der Waals surface area (Å²) in [6.45, 7) is -0.00774. The normalized spacial score (nSPS) is 14.9. The number of non-ortho nitro benzene ring substituents is 2. The van der Waals surface area contributed by atoms with E-state index in [1.807, 2.05) is 0 Å². The summed E-state index contributed by atoms with van der Waals surface area (Å²) in [7, 11) is 0. The van der Waals surface area contributed by atoms with Gasteiger partial charge in [0.2, 0.25) is 0 Å². The molecule has 2 amide bonds. The Bertz CT molecular complexity index is 1260. The number of furan rings is 1. The molecule has 0 spiro atoms. The molecule has 1 aliphatic heterocycles. The van der Waals surface area contributed by atoms with Crippen molar-refractivity contribution in [2.75, 3.05) is 0 Å². The van der Waals surface area contributed by atoms with E-state index in [1.165, 1.54) is 42.5 Å². The van der Waals surface area contributed by atoms with E-state index < -0.39 is 21.0 Å². The van der Waals surface area contributed by atoms with E-state index >= 15 is 0 Å². The van der Waals surface area contributed by atoms with Crippen molar-refractivity contribution in [3.63, 3.8) is 0 Å². The summed E-state index contributed by atoms with van der Waals surface area (Å²) in [4.78, 5) is 46.7. The van der Waals surface area contributed by atoms with Gasteiger partial charge in [-0.3, -0.25) is 34.7 Å². The Morgan fingerprint density at radius 1 is 0.875 bits per heavy atom. The quantitative estimate of drug-likeness (QED) is 0.290. The summed E-state index contributed by atoms with van der Waals surface area (Å²) >= 11 is 0.769. The van der Waals surface area contributed by atoms with Crippen LogP contribution in [0.3, 0.4) is 0 Å². The van der Waals surface area contributed by atoms with Gasteiger partial charge in [-0.25, -0.2) is 0 Å². The number of thioether (sulfide) groups is 1. The first-order valence-corrected chi connectivity index (χ1v) is 9.97. The summed E-state index contributed by atoms with van der Waals surface area (Å²) in [5, 5.41) is 21.1. The van der Waals surface area contributed by atoms with Gasteiger partial charge < -0.3 is 4.42 Å². The summed E-state index contributed by atoms with van der Waals surface area (Å²) in [5.74, 6) is 0.307. The van der Waals surface area contributed by atoms with Gasteiger partial charge in [-0.1, -0.05) is 12.1 Å². The highest BCUT2D eigenvalue weighted by atomic mass is 32.2. The lowest BCUT2D eigenvalue weighted by Crippen LogP contribution is -2.27. The highest BCUT2D eigenvalue weighted by molar-refractivity contribution is 8.18. The summed E-state index contributed by atoms with van der Waals surface area (Å²) in [6, 6.07) is 14.7. The van der Waals surface area contributed by atoms with Crippen molar-refractivity contribution in [1.29, 1.82) is 0 Å². The molecule has 160 valence electrons. The van der Waals surface area contributed by atoms with Gasteiger partial charge in [0.15, 0.2) is 0 Å². The van der Waals surface area contributed by atoms with Crippen molar-refractivity contribution in [1.82, 2.24) is 4.90 Å². The zero-order chi connectivity index (χ0) is 22.8. The molecule has 0 bridgehead atoms. The molecule has 1 fully saturated rings. The molecule has 0 unspecified atom stereocenters. The van der Waals surface area contributed by atoms with Gasteiger partial charge in [-0.15, -0.1) is 0 Å². The average Bonchev–Trinajstić information content (AvgIpc) is 3.34. The first-order valence-electron chi connectivity index (χ1n) is 9.15. The van der Waals surface area contributed by atoms with Crippen LogP contribution in [0.5, 0.6) is 0 Å². The molecule has 0 aliphatic carbocycles. The third-order valence-corrected chi connectivity index (χ3v) is 5.53. The van der Waals surface area contributed by atoms with Crippen LogP contribution in [0.1, 0.15) is 11.3 Å². The molecule has 2 aromatic carbocycles. The molecule has 0 saturated carbocycles. The molecule has 3 aromatic rings. The number of amides is 2. The fourth-order valence-corrected chi connectivity index (χ4v) is 3.82. The van der Waals surface area contributed by atoms with Gasteiger partial charge in [0.05, 0.1) is 21.3 Å². The lowest BCUT2D eigenvalue weighted by atomic mass is 10.1. The number of carbonyl (C=O) groups excluding carboxylic acids is 2. The number of carbonyl (C=O) groups is 2. The van der Waals surface area contributed by atoms with Crippen LogP contribution < -0.4 is 0 Å². The first kappa shape index (κ1) is 21.0. The zero-order valence-electron chi connectivity index (χ0n) is 16.2. The van der Waals surface area contributed by atoms with E-state index in [-0.39, 0.29) is 22.8 Å². The van der Waals surface area contributed by atoms with Gasteiger partial charge in [0.1, 0.15) is 11.5 Å². The van der Waals surface area contributed by atoms with Crippen molar-refractivity contribution in [2.24, 2.45) is 0 Å². The Balaban J connectivity index is 1.49. The number of hydrogen-bond donors (Lipinski definition) is 0. The second-order valence-corrected chi connectivity index (χ2v) is 7.69.